The van der Waals surface area contributed by atoms with Crippen molar-refractivity contribution in [2.45, 2.75) is 78.2 Å². The van der Waals surface area contributed by atoms with E-state index in [1.165, 1.54) is 64.5 Å². The molecule has 2 rings (SSSR count). The summed E-state index contributed by atoms with van der Waals surface area (Å²) < 4.78 is 0. The predicted molar refractivity (Wildman–Crippen MR) is 75.2 cm³/mol. The highest BCUT2D eigenvalue weighted by atomic mass is 15.2. The van der Waals surface area contributed by atoms with Crippen molar-refractivity contribution in [1.82, 2.24) is 4.90 Å². The molecule has 0 radical (unpaired) electrons. The fourth-order valence-corrected chi connectivity index (χ4v) is 3.89. The van der Waals surface area contributed by atoms with Crippen molar-refractivity contribution in [1.29, 1.82) is 0 Å². The van der Waals surface area contributed by atoms with Crippen molar-refractivity contribution in [3.63, 3.8) is 0 Å². The van der Waals surface area contributed by atoms with Gasteiger partial charge in [0.05, 0.1) is 0 Å². The van der Waals surface area contributed by atoms with Gasteiger partial charge < -0.3 is 0 Å². The maximum absolute atomic E-state index is 2.83. The maximum atomic E-state index is 2.83. The molecule has 1 heteroatoms. The molecule has 0 aromatic carbocycles. The van der Waals surface area contributed by atoms with E-state index in [1.54, 1.807) is 0 Å². The molecule has 1 nitrogen and oxygen atoms in total. The van der Waals surface area contributed by atoms with Crippen LogP contribution in [-0.4, -0.2) is 24.0 Å². The summed E-state index contributed by atoms with van der Waals surface area (Å²) in [5.41, 5.74) is 0.467. The highest BCUT2D eigenvalue weighted by Gasteiger charge is 2.33. The lowest BCUT2D eigenvalue weighted by atomic mass is 9.79. The van der Waals surface area contributed by atoms with Crippen molar-refractivity contribution in [3.05, 3.63) is 0 Å². The van der Waals surface area contributed by atoms with E-state index >= 15 is 0 Å². The van der Waals surface area contributed by atoms with Gasteiger partial charge in [-0.05, 0) is 43.6 Å². The predicted octanol–water partition coefficient (Wildman–Crippen LogP) is 4.47. The Hall–Kier alpha value is -0.0400. The van der Waals surface area contributed by atoms with Gasteiger partial charge in [0, 0.05) is 12.6 Å². The first-order chi connectivity index (χ1) is 8.07. The minimum absolute atomic E-state index is 0.467. The average molecular weight is 237 g/mol. The standard InChI is InChI=1S/C16H31N/c1-16(2,3)15-11-7-8-12-17(15)13-14-9-5-4-6-10-14/h14-15H,4-13H2,1-3H3. The monoisotopic (exact) mass is 237 g/mol. The molecule has 2 aliphatic rings. The Labute approximate surface area is 108 Å². The van der Waals surface area contributed by atoms with E-state index in [4.69, 9.17) is 0 Å². The fraction of sp³-hybridized carbons (Fsp3) is 1.00. The Morgan fingerprint density at radius 2 is 1.53 bits per heavy atom. The van der Waals surface area contributed by atoms with Crippen LogP contribution in [0.5, 0.6) is 0 Å². The van der Waals surface area contributed by atoms with Gasteiger partial charge in [-0.15, -0.1) is 0 Å². The quantitative estimate of drug-likeness (QED) is 0.685. The highest BCUT2D eigenvalue weighted by Crippen LogP contribution is 2.34. The third-order valence-corrected chi connectivity index (χ3v) is 4.83. The van der Waals surface area contributed by atoms with Crippen LogP contribution in [0.25, 0.3) is 0 Å². The lowest BCUT2D eigenvalue weighted by Gasteiger charge is -2.45. The summed E-state index contributed by atoms with van der Waals surface area (Å²) in [6.07, 6.45) is 11.7. The Bertz CT molecular complexity index is 222. The van der Waals surface area contributed by atoms with Gasteiger partial charge in [0.2, 0.25) is 0 Å². The minimum Gasteiger partial charge on any atom is -0.300 e. The van der Waals surface area contributed by atoms with Gasteiger partial charge >= 0.3 is 0 Å². The first-order valence-corrected chi connectivity index (χ1v) is 7.81. The van der Waals surface area contributed by atoms with Gasteiger partial charge in [0.1, 0.15) is 0 Å². The lowest BCUT2D eigenvalue weighted by molar-refractivity contribution is 0.0449. The zero-order chi connectivity index (χ0) is 12.3. The van der Waals surface area contributed by atoms with Crippen molar-refractivity contribution in [3.8, 4) is 0 Å². The SMILES string of the molecule is CC(C)(C)C1CCCCN1CC1CCCCC1. The van der Waals surface area contributed by atoms with E-state index < -0.39 is 0 Å². The number of hydrogen-bond donors (Lipinski definition) is 0. The van der Waals surface area contributed by atoms with Gasteiger partial charge in [-0.2, -0.15) is 0 Å². The molecule has 17 heavy (non-hydrogen) atoms. The molecule has 0 aromatic heterocycles. The zero-order valence-corrected chi connectivity index (χ0v) is 12.2. The first-order valence-electron chi connectivity index (χ1n) is 7.81. The molecular weight excluding hydrogens is 206 g/mol. The summed E-state index contributed by atoms with van der Waals surface area (Å²) in [6, 6.07) is 0.832. The Balaban J connectivity index is 1.91. The molecule has 1 saturated heterocycles. The summed E-state index contributed by atoms with van der Waals surface area (Å²) in [7, 11) is 0. The van der Waals surface area contributed by atoms with Crippen LogP contribution in [0, 0.1) is 11.3 Å². The normalized spacial score (nSPS) is 29.5. The zero-order valence-electron chi connectivity index (χ0n) is 12.2. The van der Waals surface area contributed by atoms with Crippen molar-refractivity contribution in [2.24, 2.45) is 11.3 Å². The van der Waals surface area contributed by atoms with Gasteiger partial charge in [0.25, 0.3) is 0 Å². The Morgan fingerprint density at radius 3 is 2.18 bits per heavy atom. The van der Waals surface area contributed by atoms with E-state index in [-0.39, 0.29) is 0 Å². The molecular formula is C16H31N. The molecule has 0 spiro atoms. The van der Waals surface area contributed by atoms with Crippen LogP contribution in [0.2, 0.25) is 0 Å². The maximum Gasteiger partial charge on any atom is 0.0144 e. The molecule has 1 saturated carbocycles. The fourth-order valence-electron chi connectivity index (χ4n) is 3.89. The van der Waals surface area contributed by atoms with Gasteiger partial charge in [-0.25, -0.2) is 0 Å². The van der Waals surface area contributed by atoms with Crippen LogP contribution in [0.15, 0.2) is 0 Å². The Morgan fingerprint density at radius 1 is 0.882 bits per heavy atom. The van der Waals surface area contributed by atoms with E-state index in [0.717, 1.165) is 12.0 Å². The molecule has 1 unspecified atom stereocenters. The highest BCUT2D eigenvalue weighted by molar-refractivity contribution is 4.87. The van der Waals surface area contributed by atoms with Gasteiger partial charge in [0.15, 0.2) is 0 Å². The largest absolute Gasteiger partial charge is 0.300 e. The van der Waals surface area contributed by atoms with Crippen LogP contribution in [0.4, 0.5) is 0 Å². The molecule has 2 fully saturated rings. The van der Waals surface area contributed by atoms with Crippen molar-refractivity contribution >= 4 is 0 Å². The smallest absolute Gasteiger partial charge is 0.0144 e. The third-order valence-electron chi connectivity index (χ3n) is 4.83. The summed E-state index contributed by atoms with van der Waals surface area (Å²) in [6.45, 7) is 10.0. The molecule has 0 N–H and O–H groups in total. The number of rotatable bonds is 2. The molecule has 1 heterocycles. The summed E-state index contributed by atoms with van der Waals surface area (Å²) in [4.78, 5) is 2.83. The number of likely N-dealkylation sites (tertiary alicyclic amines) is 1. The Kier molecular flexibility index (Phi) is 4.52. The minimum atomic E-state index is 0.467. The van der Waals surface area contributed by atoms with E-state index in [2.05, 4.69) is 25.7 Å². The topological polar surface area (TPSA) is 3.24 Å². The van der Waals surface area contributed by atoms with E-state index in [9.17, 15) is 0 Å². The summed E-state index contributed by atoms with van der Waals surface area (Å²) in [5, 5.41) is 0. The average Bonchev–Trinajstić information content (AvgIpc) is 2.30. The summed E-state index contributed by atoms with van der Waals surface area (Å²) >= 11 is 0. The van der Waals surface area contributed by atoms with E-state index in [1.807, 2.05) is 0 Å². The number of piperidine rings is 1. The molecule has 1 atom stereocenters. The van der Waals surface area contributed by atoms with Crippen LogP contribution in [0.1, 0.15) is 72.1 Å². The number of hydrogen-bond acceptors (Lipinski definition) is 1. The molecule has 100 valence electrons. The second-order valence-corrected chi connectivity index (χ2v) is 7.38. The van der Waals surface area contributed by atoms with Gasteiger partial charge in [-0.3, -0.25) is 4.90 Å². The molecule has 0 amide bonds. The van der Waals surface area contributed by atoms with Crippen LogP contribution < -0.4 is 0 Å². The summed E-state index contributed by atoms with van der Waals surface area (Å²) in [5.74, 6) is 1.01. The molecule has 1 aliphatic carbocycles. The first kappa shape index (κ1) is 13.4. The van der Waals surface area contributed by atoms with Crippen LogP contribution in [-0.2, 0) is 0 Å². The second kappa shape index (κ2) is 5.73. The van der Waals surface area contributed by atoms with Crippen molar-refractivity contribution in [2.75, 3.05) is 13.1 Å². The molecule has 1 aliphatic heterocycles. The second-order valence-electron chi connectivity index (χ2n) is 7.38. The lowest BCUT2D eigenvalue weighted by Crippen LogP contribution is -2.49. The molecule has 0 bridgehead atoms. The van der Waals surface area contributed by atoms with E-state index in [0.29, 0.717) is 5.41 Å². The van der Waals surface area contributed by atoms with Crippen molar-refractivity contribution < 1.29 is 0 Å². The third kappa shape index (κ3) is 3.71. The number of nitrogens with zero attached hydrogens (tertiary/aromatic N) is 1. The van der Waals surface area contributed by atoms with Gasteiger partial charge in [-0.1, -0.05) is 46.5 Å². The van der Waals surface area contributed by atoms with Crippen LogP contribution in [0.3, 0.4) is 0 Å². The molecule has 0 aromatic rings. The van der Waals surface area contributed by atoms with Crippen LogP contribution >= 0.6 is 0 Å².